The summed E-state index contributed by atoms with van der Waals surface area (Å²) in [6, 6.07) is 0. The number of esters is 1. The van der Waals surface area contributed by atoms with E-state index in [0.29, 0.717) is 24.7 Å². The van der Waals surface area contributed by atoms with E-state index in [1.54, 1.807) is 0 Å². The van der Waals surface area contributed by atoms with Crippen LogP contribution >= 0.6 is 0 Å². The molecule has 0 spiro atoms. The molecule has 0 amide bonds. The molecular formula is C36H58O8. The van der Waals surface area contributed by atoms with Gasteiger partial charge >= 0.3 is 5.97 Å². The molecule has 5 aliphatic carbocycles. The van der Waals surface area contributed by atoms with Crippen LogP contribution in [-0.2, 0) is 14.3 Å². The summed E-state index contributed by atoms with van der Waals surface area (Å²) in [4.78, 5) is 14.4. The highest BCUT2D eigenvalue weighted by atomic mass is 16.7. The predicted octanol–water partition coefficient (Wildman–Crippen LogP) is 4.49. The van der Waals surface area contributed by atoms with Crippen LogP contribution in [0.1, 0.15) is 113 Å². The standard InChI is InChI=1S/C36H58O8/c1-31(2)14-16-36(30(42)44-29-28(41)27(40)26(39)22(19-37)43-29)17-15-34(6)20(21(36)18-31)8-9-24-33(5)12-11-25(38)32(3,4)23(33)10-13-35(24,34)7/h8,21-29,37-41H,9-19H2,1-7H3/t21?,22-,23?,24?,25+,26-,27+,28-,29+,33+,34?,35-,36+/m1/s1. The maximum Gasteiger partial charge on any atom is 0.315 e. The minimum Gasteiger partial charge on any atom is -0.432 e. The Labute approximate surface area is 263 Å². The first-order chi connectivity index (χ1) is 20.4. The summed E-state index contributed by atoms with van der Waals surface area (Å²) in [6.07, 6.45) is 4.05. The first-order valence-electron chi connectivity index (χ1n) is 17.3. The van der Waals surface area contributed by atoms with Crippen molar-refractivity contribution in [2.75, 3.05) is 6.61 Å². The normalized spacial score (nSPS) is 52.8. The number of hydrogen-bond acceptors (Lipinski definition) is 8. The molecule has 44 heavy (non-hydrogen) atoms. The molecule has 1 heterocycles. The van der Waals surface area contributed by atoms with Crippen LogP contribution in [0.15, 0.2) is 11.6 Å². The van der Waals surface area contributed by atoms with Gasteiger partial charge in [-0.2, -0.15) is 0 Å². The molecule has 6 aliphatic rings. The van der Waals surface area contributed by atoms with Crippen molar-refractivity contribution in [1.82, 2.24) is 0 Å². The van der Waals surface area contributed by atoms with Crippen LogP contribution in [0.2, 0.25) is 0 Å². The fourth-order valence-electron chi connectivity index (χ4n) is 12.0. The number of carbonyl (C=O) groups is 1. The number of hydrogen-bond donors (Lipinski definition) is 5. The van der Waals surface area contributed by atoms with Crippen molar-refractivity contribution in [3.8, 4) is 0 Å². The smallest absolute Gasteiger partial charge is 0.315 e. The van der Waals surface area contributed by atoms with Gasteiger partial charge in [0.1, 0.15) is 24.4 Å². The van der Waals surface area contributed by atoms with Crippen molar-refractivity contribution in [1.29, 1.82) is 0 Å². The summed E-state index contributed by atoms with van der Waals surface area (Å²) in [6.45, 7) is 16.1. The molecule has 8 heteroatoms. The molecule has 13 atom stereocenters. The third kappa shape index (κ3) is 4.40. The number of aliphatic hydroxyl groups excluding tert-OH is 5. The molecular weight excluding hydrogens is 560 g/mol. The zero-order valence-corrected chi connectivity index (χ0v) is 28.0. The third-order valence-electron chi connectivity index (χ3n) is 15.1. The molecule has 0 bridgehead atoms. The Hall–Kier alpha value is -1.03. The van der Waals surface area contributed by atoms with Crippen LogP contribution in [-0.4, -0.2) is 74.9 Å². The maximum absolute atomic E-state index is 14.4. The Morgan fingerprint density at radius 3 is 2.23 bits per heavy atom. The first kappa shape index (κ1) is 32.9. The Kier molecular flexibility index (Phi) is 7.84. The van der Waals surface area contributed by atoms with Crippen molar-refractivity contribution in [2.24, 2.45) is 50.2 Å². The molecule has 6 rings (SSSR count). The van der Waals surface area contributed by atoms with Gasteiger partial charge < -0.3 is 35.0 Å². The number of allylic oxidation sites excluding steroid dienone is 2. The first-order valence-corrected chi connectivity index (χ1v) is 17.3. The molecule has 1 saturated heterocycles. The lowest BCUT2D eigenvalue weighted by atomic mass is 9.33. The van der Waals surface area contributed by atoms with Gasteiger partial charge in [-0.25, -0.2) is 0 Å². The summed E-state index contributed by atoms with van der Waals surface area (Å²) in [5, 5.41) is 52.0. The monoisotopic (exact) mass is 618 g/mol. The lowest BCUT2D eigenvalue weighted by Gasteiger charge is -2.71. The zero-order chi connectivity index (χ0) is 32.3. The second kappa shape index (κ2) is 10.5. The van der Waals surface area contributed by atoms with Crippen molar-refractivity contribution in [3.63, 3.8) is 0 Å². The molecule has 1 aliphatic heterocycles. The molecule has 5 N–H and O–H groups in total. The molecule has 250 valence electrons. The number of rotatable bonds is 3. The van der Waals surface area contributed by atoms with Gasteiger partial charge in [-0.3, -0.25) is 4.79 Å². The van der Waals surface area contributed by atoms with Gasteiger partial charge in [-0.05, 0) is 109 Å². The highest BCUT2D eigenvalue weighted by molar-refractivity contribution is 5.79. The second-order valence-corrected chi connectivity index (χ2v) is 17.8. The third-order valence-corrected chi connectivity index (χ3v) is 15.1. The topological polar surface area (TPSA) is 137 Å². The maximum atomic E-state index is 14.4. The van der Waals surface area contributed by atoms with Crippen molar-refractivity contribution in [2.45, 2.75) is 149 Å². The molecule has 0 aromatic heterocycles. The van der Waals surface area contributed by atoms with Gasteiger partial charge in [-0.15, -0.1) is 0 Å². The summed E-state index contributed by atoms with van der Waals surface area (Å²) in [5.41, 5.74) is 0.719. The lowest BCUT2D eigenvalue weighted by Crippen LogP contribution is -2.65. The summed E-state index contributed by atoms with van der Waals surface area (Å²) < 4.78 is 11.6. The number of fused-ring (bicyclic) bond motifs is 7. The highest BCUT2D eigenvalue weighted by Crippen LogP contribution is 2.75. The van der Waals surface area contributed by atoms with E-state index in [2.05, 4.69) is 54.5 Å². The van der Waals surface area contributed by atoms with Crippen LogP contribution in [0, 0.1) is 50.2 Å². The fourth-order valence-corrected chi connectivity index (χ4v) is 12.0. The Bertz CT molecular complexity index is 1180. The molecule has 0 radical (unpaired) electrons. The molecule has 4 saturated carbocycles. The summed E-state index contributed by atoms with van der Waals surface area (Å²) in [5.74, 6) is 0.561. The Balaban J connectivity index is 1.35. The van der Waals surface area contributed by atoms with Gasteiger partial charge in [0.2, 0.25) is 6.29 Å². The largest absolute Gasteiger partial charge is 0.432 e. The molecule has 4 unspecified atom stereocenters. The van der Waals surface area contributed by atoms with Gasteiger partial charge in [0, 0.05) is 0 Å². The van der Waals surface area contributed by atoms with Crippen LogP contribution in [0.3, 0.4) is 0 Å². The average Bonchev–Trinajstić information content (AvgIpc) is 2.95. The van der Waals surface area contributed by atoms with Crippen molar-refractivity contribution < 1.29 is 39.8 Å². The quantitative estimate of drug-likeness (QED) is 0.231. The summed E-state index contributed by atoms with van der Waals surface area (Å²) in [7, 11) is 0. The minimum absolute atomic E-state index is 0.00434. The van der Waals surface area contributed by atoms with Crippen LogP contribution < -0.4 is 0 Å². The van der Waals surface area contributed by atoms with E-state index in [0.717, 1.165) is 51.4 Å². The highest BCUT2D eigenvalue weighted by Gasteiger charge is 2.69. The summed E-state index contributed by atoms with van der Waals surface area (Å²) >= 11 is 0. The van der Waals surface area contributed by atoms with E-state index >= 15 is 0 Å². The van der Waals surface area contributed by atoms with Gasteiger partial charge in [0.25, 0.3) is 0 Å². The van der Waals surface area contributed by atoms with E-state index < -0.39 is 48.7 Å². The van der Waals surface area contributed by atoms with Crippen molar-refractivity contribution in [3.05, 3.63) is 11.6 Å². The average molecular weight is 619 g/mol. The van der Waals surface area contributed by atoms with Crippen molar-refractivity contribution >= 4 is 5.97 Å². The van der Waals surface area contributed by atoms with Gasteiger partial charge in [0.05, 0.1) is 18.1 Å². The fraction of sp³-hybridized carbons (Fsp3) is 0.917. The van der Waals surface area contributed by atoms with E-state index in [-0.39, 0.29) is 39.1 Å². The lowest BCUT2D eigenvalue weighted by molar-refractivity contribution is -0.297. The molecule has 0 aromatic carbocycles. The Morgan fingerprint density at radius 1 is 0.864 bits per heavy atom. The van der Waals surface area contributed by atoms with Gasteiger partial charge in [-0.1, -0.05) is 60.1 Å². The molecule has 0 aromatic rings. The number of carbonyl (C=O) groups excluding carboxylic acids is 1. The van der Waals surface area contributed by atoms with E-state index in [1.807, 2.05) is 0 Å². The van der Waals surface area contributed by atoms with Crippen LogP contribution in [0.4, 0.5) is 0 Å². The molecule has 5 fully saturated rings. The zero-order valence-electron chi connectivity index (χ0n) is 28.0. The SMILES string of the molecule is CC1(C)CC[C@]2(C(=O)O[C@@H]3O[C@H](CO)[C@@H](O)[C@H](O)[C@H]3O)CCC3(C)C(=CCC4[C@@]5(C)CC[C@H](O)C(C)(C)C5CC[C@]43C)C2C1. The number of ether oxygens (including phenoxy) is 2. The van der Waals surface area contributed by atoms with E-state index in [9.17, 15) is 30.3 Å². The predicted molar refractivity (Wildman–Crippen MR) is 165 cm³/mol. The van der Waals surface area contributed by atoms with E-state index in [4.69, 9.17) is 9.47 Å². The van der Waals surface area contributed by atoms with E-state index in [1.165, 1.54) is 5.57 Å². The minimum atomic E-state index is -1.61. The van der Waals surface area contributed by atoms with Crippen LogP contribution in [0.25, 0.3) is 0 Å². The number of aliphatic hydroxyl groups is 5. The van der Waals surface area contributed by atoms with Crippen LogP contribution in [0.5, 0.6) is 0 Å². The van der Waals surface area contributed by atoms with Gasteiger partial charge in [0.15, 0.2) is 0 Å². The molecule has 8 nitrogen and oxygen atoms in total. The second-order valence-electron chi connectivity index (χ2n) is 17.8. The Morgan fingerprint density at radius 2 is 1.55 bits per heavy atom.